The van der Waals surface area contributed by atoms with Gasteiger partial charge in [-0.3, -0.25) is 9.59 Å². The van der Waals surface area contributed by atoms with Crippen LogP contribution in [0.5, 0.6) is 0 Å². The smallest absolute Gasteiger partial charge is 0.303 e. The van der Waals surface area contributed by atoms with E-state index in [1.165, 1.54) is 0 Å². The molecule has 0 saturated carbocycles. The van der Waals surface area contributed by atoms with Crippen LogP contribution in [0.25, 0.3) is 0 Å². The first-order valence-electron chi connectivity index (χ1n) is 6.30. The predicted octanol–water partition coefficient (Wildman–Crippen LogP) is 2.07. The normalized spacial score (nSPS) is 10.2. The van der Waals surface area contributed by atoms with Gasteiger partial charge in [-0.2, -0.15) is 0 Å². The van der Waals surface area contributed by atoms with Crippen molar-refractivity contribution in [1.82, 2.24) is 0 Å². The van der Waals surface area contributed by atoms with Crippen LogP contribution in [0, 0.1) is 0 Å². The summed E-state index contributed by atoms with van der Waals surface area (Å²) in [6.45, 7) is 2.54. The second-order valence-corrected chi connectivity index (χ2v) is 4.15. The molecule has 5 heteroatoms. The Kier molecular flexibility index (Phi) is 6.60. The predicted molar refractivity (Wildman–Crippen MR) is 72.1 cm³/mol. The lowest BCUT2D eigenvalue weighted by molar-refractivity contribution is -0.137. The topological polar surface area (TPSA) is 75.6 Å². The zero-order chi connectivity index (χ0) is 14.1. The van der Waals surface area contributed by atoms with Crippen LogP contribution < -0.4 is 5.32 Å². The molecule has 0 atom stereocenters. The minimum absolute atomic E-state index is 0.0150. The van der Waals surface area contributed by atoms with E-state index in [-0.39, 0.29) is 18.9 Å². The molecule has 1 rings (SSSR count). The molecule has 0 saturated heterocycles. The summed E-state index contributed by atoms with van der Waals surface area (Å²) in [4.78, 5) is 22.2. The lowest BCUT2D eigenvalue weighted by Crippen LogP contribution is -2.19. The second kappa shape index (κ2) is 8.26. The quantitative estimate of drug-likeness (QED) is 0.705. The number of amides is 1. The molecule has 0 spiro atoms. The highest BCUT2D eigenvalue weighted by Gasteiger charge is 2.08. The summed E-state index contributed by atoms with van der Waals surface area (Å²) >= 11 is 0. The molecule has 2 N–H and O–H groups in total. The molecule has 0 heterocycles. The van der Waals surface area contributed by atoms with Gasteiger partial charge in [-0.25, -0.2) is 0 Å². The van der Waals surface area contributed by atoms with Gasteiger partial charge in [-0.1, -0.05) is 25.1 Å². The standard InChI is InChI=1S/C14H19NO4/c1-2-9-19-10-13(16)15-12-6-4-3-5-11(12)7-8-14(17)18/h3-6H,2,7-10H2,1H3,(H,15,16)(H,17,18). The second-order valence-electron chi connectivity index (χ2n) is 4.15. The zero-order valence-corrected chi connectivity index (χ0v) is 11.0. The summed E-state index contributed by atoms with van der Waals surface area (Å²) in [5.41, 5.74) is 1.46. The zero-order valence-electron chi connectivity index (χ0n) is 11.0. The van der Waals surface area contributed by atoms with Crippen molar-refractivity contribution < 1.29 is 19.4 Å². The number of anilines is 1. The van der Waals surface area contributed by atoms with Crippen molar-refractivity contribution in [2.24, 2.45) is 0 Å². The summed E-state index contributed by atoms with van der Waals surface area (Å²) in [6.07, 6.45) is 1.29. The first kappa shape index (κ1) is 15.2. The SMILES string of the molecule is CCCOCC(=O)Nc1ccccc1CCC(=O)O. The summed E-state index contributed by atoms with van der Waals surface area (Å²) in [5.74, 6) is -1.08. The van der Waals surface area contributed by atoms with Crippen LogP contribution >= 0.6 is 0 Å². The highest BCUT2D eigenvalue weighted by molar-refractivity contribution is 5.92. The van der Waals surface area contributed by atoms with Gasteiger partial charge in [0.15, 0.2) is 0 Å². The van der Waals surface area contributed by atoms with Crippen molar-refractivity contribution in [1.29, 1.82) is 0 Å². The Morgan fingerprint density at radius 1 is 1.32 bits per heavy atom. The fourth-order valence-electron chi connectivity index (χ4n) is 1.60. The number of carboxylic acid groups (broad SMARTS) is 1. The van der Waals surface area contributed by atoms with E-state index in [2.05, 4.69) is 5.32 Å². The fraction of sp³-hybridized carbons (Fsp3) is 0.429. The Hall–Kier alpha value is -1.88. The number of ether oxygens (including phenoxy) is 1. The molecule has 0 fully saturated rings. The van der Waals surface area contributed by atoms with Crippen molar-refractivity contribution in [3.63, 3.8) is 0 Å². The number of aryl methyl sites for hydroxylation is 1. The lowest BCUT2D eigenvalue weighted by atomic mass is 10.1. The first-order chi connectivity index (χ1) is 9.13. The molecule has 5 nitrogen and oxygen atoms in total. The largest absolute Gasteiger partial charge is 0.481 e. The number of carboxylic acids is 1. The van der Waals surface area contributed by atoms with E-state index in [0.717, 1.165) is 12.0 Å². The number of rotatable bonds is 8. The molecule has 1 aromatic carbocycles. The number of benzene rings is 1. The molecular formula is C14H19NO4. The Morgan fingerprint density at radius 2 is 2.05 bits per heavy atom. The maximum Gasteiger partial charge on any atom is 0.303 e. The van der Waals surface area contributed by atoms with Crippen molar-refractivity contribution >= 4 is 17.6 Å². The third-order valence-electron chi connectivity index (χ3n) is 2.48. The third kappa shape index (κ3) is 6.01. The maximum absolute atomic E-state index is 11.6. The highest BCUT2D eigenvalue weighted by Crippen LogP contribution is 2.16. The minimum atomic E-state index is -0.854. The van der Waals surface area contributed by atoms with E-state index in [4.69, 9.17) is 9.84 Å². The Labute approximate surface area is 112 Å². The van der Waals surface area contributed by atoms with Crippen LogP contribution in [0.1, 0.15) is 25.3 Å². The highest BCUT2D eigenvalue weighted by atomic mass is 16.5. The molecular weight excluding hydrogens is 246 g/mol. The fourth-order valence-corrected chi connectivity index (χ4v) is 1.60. The molecule has 0 radical (unpaired) electrons. The summed E-state index contributed by atoms with van der Waals surface area (Å²) in [5, 5.41) is 11.4. The van der Waals surface area contributed by atoms with Gasteiger partial charge in [0.2, 0.25) is 5.91 Å². The number of carbonyl (C=O) groups is 2. The van der Waals surface area contributed by atoms with E-state index >= 15 is 0 Å². The van der Waals surface area contributed by atoms with Gasteiger partial charge in [-0.05, 0) is 24.5 Å². The van der Waals surface area contributed by atoms with Crippen LogP contribution in [0.4, 0.5) is 5.69 Å². The number of aliphatic carboxylic acids is 1. The van der Waals surface area contributed by atoms with E-state index < -0.39 is 5.97 Å². The molecule has 0 aliphatic heterocycles. The van der Waals surface area contributed by atoms with Gasteiger partial charge in [0.05, 0.1) is 0 Å². The van der Waals surface area contributed by atoms with Crippen molar-refractivity contribution in [3.05, 3.63) is 29.8 Å². The maximum atomic E-state index is 11.6. The average molecular weight is 265 g/mol. The molecule has 0 aromatic heterocycles. The molecule has 0 aliphatic carbocycles. The molecule has 104 valence electrons. The number of para-hydroxylation sites is 1. The van der Waals surface area contributed by atoms with Crippen LogP contribution in [-0.2, 0) is 20.7 Å². The molecule has 1 aromatic rings. The van der Waals surface area contributed by atoms with E-state index in [9.17, 15) is 9.59 Å². The van der Waals surface area contributed by atoms with Crippen LogP contribution in [0.3, 0.4) is 0 Å². The molecule has 0 unspecified atom stereocenters. The van der Waals surface area contributed by atoms with Gasteiger partial charge in [0.25, 0.3) is 0 Å². The van der Waals surface area contributed by atoms with Gasteiger partial charge in [0, 0.05) is 18.7 Å². The number of nitrogens with one attached hydrogen (secondary N) is 1. The summed E-state index contributed by atoms with van der Waals surface area (Å²) < 4.78 is 5.15. The average Bonchev–Trinajstić information content (AvgIpc) is 2.38. The lowest BCUT2D eigenvalue weighted by Gasteiger charge is -2.10. The molecule has 19 heavy (non-hydrogen) atoms. The minimum Gasteiger partial charge on any atom is -0.481 e. The van der Waals surface area contributed by atoms with Gasteiger partial charge >= 0.3 is 5.97 Å². The van der Waals surface area contributed by atoms with Crippen molar-refractivity contribution in [2.45, 2.75) is 26.2 Å². The van der Waals surface area contributed by atoms with Crippen molar-refractivity contribution in [3.8, 4) is 0 Å². The Bertz CT molecular complexity index is 431. The number of hydrogen-bond donors (Lipinski definition) is 2. The van der Waals surface area contributed by atoms with Gasteiger partial charge in [0.1, 0.15) is 6.61 Å². The molecule has 0 bridgehead atoms. The Balaban J connectivity index is 2.56. The van der Waals surface area contributed by atoms with Crippen LogP contribution in [0.15, 0.2) is 24.3 Å². The summed E-state index contributed by atoms with van der Waals surface area (Å²) in [7, 11) is 0. The third-order valence-corrected chi connectivity index (χ3v) is 2.48. The van der Waals surface area contributed by atoms with E-state index in [0.29, 0.717) is 18.7 Å². The van der Waals surface area contributed by atoms with Crippen molar-refractivity contribution in [2.75, 3.05) is 18.5 Å². The van der Waals surface area contributed by atoms with Gasteiger partial charge in [-0.15, -0.1) is 0 Å². The van der Waals surface area contributed by atoms with Gasteiger partial charge < -0.3 is 15.2 Å². The monoisotopic (exact) mass is 265 g/mol. The summed E-state index contributed by atoms with van der Waals surface area (Å²) in [6, 6.07) is 7.19. The van der Waals surface area contributed by atoms with E-state index in [1.54, 1.807) is 12.1 Å². The Morgan fingerprint density at radius 3 is 2.74 bits per heavy atom. The molecule has 1 amide bonds. The number of hydrogen-bond acceptors (Lipinski definition) is 3. The number of carbonyl (C=O) groups excluding carboxylic acids is 1. The van der Waals surface area contributed by atoms with Crippen LogP contribution in [0.2, 0.25) is 0 Å². The first-order valence-corrected chi connectivity index (χ1v) is 6.30. The molecule has 0 aliphatic rings. The van der Waals surface area contributed by atoms with Crippen LogP contribution in [-0.4, -0.2) is 30.2 Å². The van der Waals surface area contributed by atoms with E-state index in [1.807, 2.05) is 19.1 Å².